The Balaban J connectivity index is 1.51. The van der Waals surface area contributed by atoms with Crippen LogP contribution in [0.5, 0.6) is 11.5 Å². The van der Waals surface area contributed by atoms with E-state index in [-0.39, 0.29) is 18.4 Å². The molecule has 0 bridgehead atoms. The molecule has 0 saturated heterocycles. The van der Waals surface area contributed by atoms with Crippen molar-refractivity contribution in [1.82, 2.24) is 5.01 Å². The molecule has 152 valence electrons. The van der Waals surface area contributed by atoms with E-state index in [1.807, 2.05) is 62.4 Å². The van der Waals surface area contributed by atoms with Gasteiger partial charge in [0.1, 0.15) is 11.5 Å². The second-order valence-corrected chi connectivity index (χ2v) is 8.33. The summed E-state index contributed by atoms with van der Waals surface area (Å²) in [7, 11) is 0. The summed E-state index contributed by atoms with van der Waals surface area (Å²) < 4.78 is 12.2. The Labute approximate surface area is 181 Å². The maximum absolute atomic E-state index is 6.41. The van der Waals surface area contributed by atoms with E-state index >= 15 is 0 Å². The van der Waals surface area contributed by atoms with Crippen molar-refractivity contribution in [3.63, 3.8) is 0 Å². The van der Waals surface area contributed by atoms with Crippen LogP contribution in [0.15, 0.2) is 77.9 Å². The van der Waals surface area contributed by atoms with Gasteiger partial charge in [-0.2, -0.15) is 5.10 Å². The lowest BCUT2D eigenvalue weighted by atomic mass is 9.96. The summed E-state index contributed by atoms with van der Waals surface area (Å²) in [6.45, 7) is 4.05. The van der Waals surface area contributed by atoms with Crippen molar-refractivity contribution < 1.29 is 9.47 Å². The molecule has 2 atom stereocenters. The third kappa shape index (κ3) is 3.52. The standard InChI is InChI=1S/C25H23ClN2O2/c1-16(2)29-20-13-9-18(10-14-20)25-28-23(21-5-3-4-6-24(21)30-25)15-22(27-28)17-7-11-19(26)12-8-17/h3-14,16,23,25H,15H2,1-2H3/t23-,25-/m0/s1. The van der Waals surface area contributed by atoms with E-state index in [0.717, 1.165) is 39.8 Å². The first kappa shape index (κ1) is 19.0. The zero-order chi connectivity index (χ0) is 20.7. The third-order valence-corrected chi connectivity index (χ3v) is 5.67. The number of para-hydroxylation sites is 1. The quantitative estimate of drug-likeness (QED) is 0.493. The zero-order valence-corrected chi connectivity index (χ0v) is 17.7. The van der Waals surface area contributed by atoms with Gasteiger partial charge in [-0.05, 0) is 61.9 Å². The largest absolute Gasteiger partial charge is 0.491 e. The molecule has 3 aromatic carbocycles. The molecule has 0 spiro atoms. The van der Waals surface area contributed by atoms with Crippen molar-refractivity contribution in [3.8, 4) is 11.5 Å². The van der Waals surface area contributed by atoms with Crippen LogP contribution in [0.1, 0.15) is 49.2 Å². The van der Waals surface area contributed by atoms with Crippen LogP contribution >= 0.6 is 11.6 Å². The van der Waals surface area contributed by atoms with Crippen LogP contribution in [0.2, 0.25) is 5.02 Å². The van der Waals surface area contributed by atoms with Crippen LogP contribution in [0.25, 0.3) is 0 Å². The zero-order valence-electron chi connectivity index (χ0n) is 17.0. The number of benzene rings is 3. The van der Waals surface area contributed by atoms with Gasteiger partial charge in [0, 0.05) is 22.6 Å². The molecule has 0 radical (unpaired) electrons. The normalized spacial score (nSPS) is 19.7. The number of nitrogens with zero attached hydrogens (tertiary/aromatic N) is 2. The first-order chi connectivity index (χ1) is 14.6. The van der Waals surface area contributed by atoms with Gasteiger partial charge < -0.3 is 9.47 Å². The highest BCUT2D eigenvalue weighted by molar-refractivity contribution is 6.30. The third-order valence-electron chi connectivity index (χ3n) is 5.41. The molecule has 0 saturated carbocycles. The molecule has 2 aliphatic heterocycles. The highest BCUT2D eigenvalue weighted by Gasteiger charge is 2.40. The number of hydrogen-bond acceptors (Lipinski definition) is 4. The molecule has 0 aliphatic carbocycles. The van der Waals surface area contributed by atoms with Crippen LogP contribution < -0.4 is 9.47 Å². The average molecular weight is 419 g/mol. The van der Waals surface area contributed by atoms with Gasteiger partial charge in [0.15, 0.2) is 0 Å². The minimum absolute atomic E-state index is 0.136. The number of hydrogen-bond donors (Lipinski definition) is 0. The predicted octanol–water partition coefficient (Wildman–Crippen LogP) is 6.37. The van der Waals surface area contributed by atoms with E-state index in [1.54, 1.807) is 0 Å². The monoisotopic (exact) mass is 418 g/mol. The number of ether oxygens (including phenoxy) is 2. The summed E-state index contributed by atoms with van der Waals surface area (Å²) in [6, 6.07) is 24.3. The van der Waals surface area contributed by atoms with Crippen molar-refractivity contribution in [2.24, 2.45) is 5.10 Å². The van der Waals surface area contributed by atoms with Crippen LogP contribution in [-0.2, 0) is 0 Å². The summed E-state index contributed by atoms with van der Waals surface area (Å²) in [4.78, 5) is 0. The fourth-order valence-corrected chi connectivity index (χ4v) is 4.18. The molecule has 5 rings (SSSR count). The molecule has 4 nitrogen and oxygen atoms in total. The molecular formula is C25H23ClN2O2. The highest BCUT2D eigenvalue weighted by atomic mass is 35.5. The van der Waals surface area contributed by atoms with Crippen molar-refractivity contribution in [1.29, 1.82) is 0 Å². The predicted molar refractivity (Wildman–Crippen MR) is 119 cm³/mol. The van der Waals surface area contributed by atoms with Crippen LogP contribution in [0, 0.1) is 0 Å². The fourth-order valence-electron chi connectivity index (χ4n) is 4.05. The lowest BCUT2D eigenvalue weighted by Gasteiger charge is -2.38. The van der Waals surface area contributed by atoms with Gasteiger partial charge in [0.25, 0.3) is 0 Å². The maximum Gasteiger partial charge on any atom is 0.213 e. The van der Waals surface area contributed by atoms with Crippen molar-refractivity contribution in [2.45, 2.75) is 38.6 Å². The Morgan fingerprint density at radius 2 is 1.73 bits per heavy atom. The molecule has 2 heterocycles. The minimum atomic E-state index is -0.289. The molecule has 0 amide bonds. The second kappa shape index (κ2) is 7.69. The number of fused-ring (bicyclic) bond motifs is 3. The summed E-state index contributed by atoms with van der Waals surface area (Å²) in [5.41, 5.74) is 4.35. The van der Waals surface area contributed by atoms with E-state index in [2.05, 4.69) is 29.3 Å². The Hall–Kier alpha value is -2.98. The van der Waals surface area contributed by atoms with Crippen molar-refractivity contribution >= 4 is 17.3 Å². The van der Waals surface area contributed by atoms with E-state index in [0.29, 0.717) is 0 Å². The smallest absolute Gasteiger partial charge is 0.213 e. The van der Waals surface area contributed by atoms with Gasteiger partial charge in [-0.25, -0.2) is 5.01 Å². The molecule has 30 heavy (non-hydrogen) atoms. The first-order valence-corrected chi connectivity index (χ1v) is 10.6. The Morgan fingerprint density at radius 1 is 1.00 bits per heavy atom. The lowest BCUT2D eigenvalue weighted by molar-refractivity contribution is -0.0190. The molecular weight excluding hydrogens is 396 g/mol. The summed E-state index contributed by atoms with van der Waals surface area (Å²) >= 11 is 6.07. The van der Waals surface area contributed by atoms with Gasteiger partial charge in [-0.15, -0.1) is 0 Å². The summed E-state index contributed by atoms with van der Waals surface area (Å²) in [5, 5.41) is 7.80. The van der Waals surface area contributed by atoms with E-state index < -0.39 is 0 Å². The maximum atomic E-state index is 6.41. The Kier molecular flexibility index (Phi) is 4.87. The SMILES string of the molecule is CC(C)Oc1ccc([C@@H]2Oc3ccccc3[C@@H]3CC(c4ccc(Cl)cc4)=NN32)cc1. The Bertz CT molecular complexity index is 1080. The van der Waals surface area contributed by atoms with E-state index in [1.165, 1.54) is 5.56 Å². The lowest BCUT2D eigenvalue weighted by Crippen LogP contribution is -2.33. The van der Waals surface area contributed by atoms with Crippen LogP contribution in [-0.4, -0.2) is 16.8 Å². The summed E-state index contributed by atoms with van der Waals surface area (Å²) in [6.07, 6.45) is 0.679. The van der Waals surface area contributed by atoms with Crippen LogP contribution in [0.4, 0.5) is 0 Å². The first-order valence-electron chi connectivity index (χ1n) is 10.2. The van der Waals surface area contributed by atoms with Gasteiger partial charge in [0.2, 0.25) is 6.23 Å². The molecule has 0 aromatic heterocycles. The van der Waals surface area contributed by atoms with Gasteiger partial charge in [0.05, 0.1) is 17.9 Å². The molecule has 0 unspecified atom stereocenters. The minimum Gasteiger partial charge on any atom is -0.491 e. The molecule has 0 fully saturated rings. The van der Waals surface area contributed by atoms with Crippen molar-refractivity contribution in [3.05, 3.63) is 94.5 Å². The van der Waals surface area contributed by atoms with E-state index in [4.69, 9.17) is 26.2 Å². The molecule has 0 N–H and O–H groups in total. The van der Waals surface area contributed by atoms with Gasteiger partial charge >= 0.3 is 0 Å². The molecule has 2 aliphatic rings. The van der Waals surface area contributed by atoms with Gasteiger partial charge in [-0.1, -0.05) is 41.9 Å². The topological polar surface area (TPSA) is 34.1 Å². The molecule has 5 heteroatoms. The second-order valence-electron chi connectivity index (χ2n) is 7.90. The fraction of sp³-hybridized carbons (Fsp3) is 0.240. The average Bonchev–Trinajstić information content (AvgIpc) is 3.20. The molecule has 3 aromatic rings. The number of rotatable bonds is 4. The number of halogens is 1. The number of hydrazone groups is 1. The van der Waals surface area contributed by atoms with Crippen LogP contribution in [0.3, 0.4) is 0 Å². The Morgan fingerprint density at radius 3 is 2.47 bits per heavy atom. The highest BCUT2D eigenvalue weighted by Crippen LogP contribution is 2.47. The van der Waals surface area contributed by atoms with E-state index in [9.17, 15) is 0 Å². The van der Waals surface area contributed by atoms with Gasteiger partial charge in [-0.3, -0.25) is 0 Å². The summed E-state index contributed by atoms with van der Waals surface area (Å²) in [5.74, 6) is 1.77. The van der Waals surface area contributed by atoms with Crippen molar-refractivity contribution in [2.75, 3.05) is 0 Å².